The van der Waals surface area contributed by atoms with Crippen molar-refractivity contribution in [2.75, 3.05) is 6.54 Å². The van der Waals surface area contributed by atoms with E-state index < -0.39 is 5.97 Å². The van der Waals surface area contributed by atoms with Crippen LogP contribution in [0.25, 0.3) is 9.88 Å². The van der Waals surface area contributed by atoms with Crippen LogP contribution in [0, 0.1) is 12.8 Å². The zero-order valence-corrected chi connectivity index (χ0v) is 13.4. The number of thiazole rings is 1. The number of carbonyl (C=O) groups excluding carboxylic acids is 1. The first-order valence-corrected chi connectivity index (χ1v) is 8.18. The number of hydrogen-bond donors (Lipinski definition) is 2. The van der Waals surface area contributed by atoms with Gasteiger partial charge in [-0.25, -0.2) is 4.98 Å². The van der Waals surface area contributed by atoms with Gasteiger partial charge in [0.2, 0.25) is 0 Å². The number of hydrogen-bond acceptors (Lipinski definition) is 5. The molecule has 2 aromatic rings. The first-order chi connectivity index (χ1) is 9.97. The Hall–Kier alpha value is -1.73. The second kappa shape index (κ2) is 6.82. The number of nitrogens with one attached hydrogen (secondary N) is 1. The zero-order valence-electron chi connectivity index (χ0n) is 11.8. The average Bonchev–Trinajstić information content (AvgIpc) is 3.04. The summed E-state index contributed by atoms with van der Waals surface area (Å²) in [5, 5.41) is 14.3. The van der Waals surface area contributed by atoms with Crippen molar-refractivity contribution in [3.63, 3.8) is 0 Å². The van der Waals surface area contributed by atoms with Crippen molar-refractivity contribution in [2.45, 2.75) is 20.3 Å². The van der Waals surface area contributed by atoms with E-state index in [2.05, 4.69) is 10.3 Å². The van der Waals surface area contributed by atoms with E-state index in [0.29, 0.717) is 17.1 Å². The Morgan fingerprint density at radius 3 is 2.86 bits per heavy atom. The topological polar surface area (TPSA) is 79.3 Å². The first-order valence-electron chi connectivity index (χ1n) is 6.48. The van der Waals surface area contributed by atoms with Crippen LogP contribution in [0.4, 0.5) is 0 Å². The molecule has 0 spiro atoms. The molecule has 5 nitrogen and oxygen atoms in total. The van der Waals surface area contributed by atoms with Crippen molar-refractivity contribution >= 4 is 34.6 Å². The Kier molecular flexibility index (Phi) is 5.08. The third-order valence-corrected chi connectivity index (χ3v) is 5.06. The van der Waals surface area contributed by atoms with Gasteiger partial charge in [0.15, 0.2) is 0 Å². The smallest absolute Gasteiger partial charge is 0.303 e. The number of carbonyl (C=O) groups is 2. The van der Waals surface area contributed by atoms with Gasteiger partial charge >= 0.3 is 5.97 Å². The van der Waals surface area contributed by atoms with Gasteiger partial charge in [0.05, 0.1) is 10.6 Å². The SMILES string of the molecule is Cc1nc(-c2cccs2)sc1C(=O)NCC(C)CC(=O)O. The van der Waals surface area contributed by atoms with Gasteiger partial charge in [-0.1, -0.05) is 13.0 Å². The van der Waals surface area contributed by atoms with E-state index in [4.69, 9.17) is 5.11 Å². The highest BCUT2D eigenvalue weighted by atomic mass is 32.1. The third kappa shape index (κ3) is 4.12. The van der Waals surface area contributed by atoms with Gasteiger partial charge < -0.3 is 10.4 Å². The third-order valence-electron chi connectivity index (χ3n) is 2.87. The van der Waals surface area contributed by atoms with Gasteiger partial charge in [-0.3, -0.25) is 9.59 Å². The van der Waals surface area contributed by atoms with Gasteiger partial charge in [0.1, 0.15) is 9.88 Å². The van der Waals surface area contributed by atoms with E-state index in [9.17, 15) is 9.59 Å². The normalized spacial score (nSPS) is 12.1. The number of thiophene rings is 1. The fourth-order valence-corrected chi connectivity index (χ4v) is 3.61. The number of aryl methyl sites for hydroxylation is 1. The maximum absolute atomic E-state index is 12.2. The minimum absolute atomic E-state index is 0.0440. The van der Waals surface area contributed by atoms with Crippen molar-refractivity contribution in [1.29, 1.82) is 0 Å². The second-order valence-corrected chi connectivity index (χ2v) is 6.77. The molecule has 7 heteroatoms. The van der Waals surface area contributed by atoms with Crippen molar-refractivity contribution < 1.29 is 14.7 Å². The monoisotopic (exact) mass is 324 g/mol. The molecule has 1 unspecified atom stereocenters. The Morgan fingerprint density at radius 2 is 2.24 bits per heavy atom. The number of aliphatic carboxylic acids is 1. The highest BCUT2D eigenvalue weighted by Crippen LogP contribution is 2.30. The molecule has 112 valence electrons. The molecule has 0 radical (unpaired) electrons. The molecule has 0 aliphatic heterocycles. The Balaban J connectivity index is 2.01. The molecule has 0 saturated carbocycles. The molecule has 0 aliphatic carbocycles. The fourth-order valence-electron chi connectivity index (χ4n) is 1.83. The molecule has 2 heterocycles. The quantitative estimate of drug-likeness (QED) is 0.856. The van der Waals surface area contributed by atoms with Crippen molar-refractivity contribution in [3.8, 4) is 9.88 Å². The minimum Gasteiger partial charge on any atom is -0.481 e. The van der Waals surface area contributed by atoms with Crippen molar-refractivity contribution in [1.82, 2.24) is 10.3 Å². The molecule has 0 saturated heterocycles. The summed E-state index contributed by atoms with van der Waals surface area (Å²) in [6.45, 7) is 3.95. The summed E-state index contributed by atoms with van der Waals surface area (Å²) in [5.74, 6) is -1.15. The number of carboxylic acids is 1. The molecular weight excluding hydrogens is 308 g/mol. The molecular formula is C14H16N2O3S2. The maximum atomic E-state index is 12.2. The van der Waals surface area contributed by atoms with Gasteiger partial charge in [0, 0.05) is 13.0 Å². The van der Waals surface area contributed by atoms with Gasteiger partial charge in [-0.05, 0) is 24.3 Å². The van der Waals surface area contributed by atoms with Crippen LogP contribution in [0.15, 0.2) is 17.5 Å². The standard InChI is InChI=1S/C14H16N2O3S2/c1-8(6-11(17)18)7-15-13(19)12-9(2)16-14(21-12)10-4-3-5-20-10/h3-5,8H,6-7H2,1-2H3,(H,15,19)(H,17,18). The van der Waals surface area contributed by atoms with Crippen LogP contribution in [-0.2, 0) is 4.79 Å². The summed E-state index contributed by atoms with van der Waals surface area (Å²) in [7, 11) is 0. The van der Waals surface area contributed by atoms with E-state index in [-0.39, 0.29) is 18.2 Å². The number of amides is 1. The highest BCUT2D eigenvalue weighted by Gasteiger charge is 2.17. The lowest BCUT2D eigenvalue weighted by Crippen LogP contribution is -2.29. The maximum Gasteiger partial charge on any atom is 0.303 e. The molecule has 2 aromatic heterocycles. The molecule has 1 atom stereocenters. The summed E-state index contributed by atoms with van der Waals surface area (Å²) in [4.78, 5) is 28.8. The second-order valence-electron chi connectivity index (χ2n) is 4.82. The Labute approximate surface area is 130 Å². The molecule has 0 aromatic carbocycles. The van der Waals surface area contributed by atoms with Gasteiger partial charge in [-0.15, -0.1) is 22.7 Å². The number of aromatic nitrogens is 1. The predicted molar refractivity (Wildman–Crippen MR) is 83.9 cm³/mol. The van der Waals surface area contributed by atoms with Crippen molar-refractivity contribution in [2.24, 2.45) is 5.92 Å². The molecule has 2 N–H and O–H groups in total. The summed E-state index contributed by atoms with van der Waals surface area (Å²) >= 11 is 2.95. The van der Waals surface area contributed by atoms with Crippen LogP contribution in [0.1, 0.15) is 28.7 Å². The van der Waals surface area contributed by atoms with Crippen LogP contribution in [0.2, 0.25) is 0 Å². The van der Waals surface area contributed by atoms with Gasteiger partial charge in [-0.2, -0.15) is 0 Å². The molecule has 0 aliphatic rings. The zero-order chi connectivity index (χ0) is 15.4. The summed E-state index contributed by atoms with van der Waals surface area (Å²) in [6, 6.07) is 3.92. The summed E-state index contributed by atoms with van der Waals surface area (Å²) in [6.07, 6.45) is 0.0440. The fraction of sp³-hybridized carbons (Fsp3) is 0.357. The molecule has 1 amide bonds. The minimum atomic E-state index is -0.856. The van der Waals surface area contributed by atoms with E-state index >= 15 is 0 Å². The Bertz CT molecular complexity index is 635. The van der Waals surface area contributed by atoms with E-state index in [0.717, 1.165) is 9.88 Å². The van der Waals surface area contributed by atoms with Crippen LogP contribution >= 0.6 is 22.7 Å². The number of nitrogens with zero attached hydrogens (tertiary/aromatic N) is 1. The number of rotatable bonds is 6. The van der Waals surface area contributed by atoms with Crippen LogP contribution in [0.3, 0.4) is 0 Å². The predicted octanol–water partition coefficient (Wildman–Crippen LogP) is 3.02. The lowest BCUT2D eigenvalue weighted by atomic mass is 10.1. The van der Waals surface area contributed by atoms with Gasteiger partial charge in [0.25, 0.3) is 5.91 Å². The molecule has 0 fully saturated rings. The van der Waals surface area contributed by atoms with E-state index in [1.165, 1.54) is 11.3 Å². The van der Waals surface area contributed by atoms with Crippen molar-refractivity contribution in [3.05, 3.63) is 28.1 Å². The Morgan fingerprint density at radius 1 is 1.48 bits per heavy atom. The van der Waals surface area contributed by atoms with E-state index in [1.807, 2.05) is 24.4 Å². The molecule has 21 heavy (non-hydrogen) atoms. The lowest BCUT2D eigenvalue weighted by molar-refractivity contribution is -0.137. The number of carboxylic acid groups (broad SMARTS) is 1. The molecule has 0 bridgehead atoms. The van der Waals surface area contributed by atoms with Crippen LogP contribution < -0.4 is 5.32 Å². The lowest BCUT2D eigenvalue weighted by Gasteiger charge is -2.09. The van der Waals surface area contributed by atoms with Crippen LogP contribution in [0.5, 0.6) is 0 Å². The first kappa shape index (κ1) is 15.7. The van der Waals surface area contributed by atoms with E-state index in [1.54, 1.807) is 18.3 Å². The van der Waals surface area contributed by atoms with Crippen LogP contribution in [-0.4, -0.2) is 28.5 Å². The highest BCUT2D eigenvalue weighted by molar-refractivity contribution is 7.22. The molecule has 2 rings (SSSR count). The largest absolute Gasteiger partial charge is 0.481 e. The summed E-state index contributed by atoms with van der Waals surface area (Å²) < 4.78 is 0. The summed E-state index contributed by atoms with van der Waals surface area (Å²) in [5.41, 5.74) is 0.701. The average molecular weight is 324 g/mol.